The zero-order valence-electron chi connectivity index (χ0n) is 10.8. The molecule has 1 atom stereocenters. The number of benzene rings is 1. The molecule has 0 fully saturated rings. The Hall–Kier alpha value is -1.48. The molecule has 0 saturated heterocycles. The number of nitrogens with zero attached hydrogens (tertiary/aromatic N) is 1. The summed E-state index contributed by atoms with van der Waals surface area (Å²) in [6.07, 6.45) is 2.49. The minimum absolute atomic E-state index is 0.231. The first-order chi connectivity index (χ1) is 8.72. The largest absolute Gasteiger partial charge is 0.303 e. The maximum absolute atomic E-state index is 10.9. The molecule has 0 radical (unpaired) electrons. The number of aryl methyl sites for hydroxylation is 1. The van der Waals surface area contributed by atoms with E-state index in [0.717, 1.165) is 12.7 Å². The molecule has 1 heterocycles. The highest BCUT2D eigenvalue weighted by Gasteiger charge is 2.23. The van der Waals surface area contributed by atoms with Crippen molar-refractivity contribution in [3.8, 4) is 0 Å². The average molecular weight is 260 g/mol. The molecule has 0 saturated carbocycles. The van der Waals surface area contributed by atoms with Crippen molar-refractivity contribution in [1.82, 2.24) is 0 Å². The van der Waals surface area contributed by atoms with Crippen molar-refractivity contribution in [3.05, 3.63) is 52.0 Å². The van der Waals surface area contributed by atoms with Crippen LogP contribution < -0.4 is 4.57 Å². The Morgan fingerprint density at radius 3 is 2.56 bits per heavy atom. The number of carbonyl (C=O) groups excluding carboxylic acids is 1. The molecular formula is C15H18NOS+. The quantitative estimate of drug-likeness (QED) is 0.598. The first kappa shape index (κ1) is 13.0. The lowest BCUT2D eigenvalue weighted by atomic mass is 10.0. The van der Waals surface area contributed by atoms with Gasteiger partial charge >= 0.3 is 0 Å². The predicted octanol–water partition coefficient (Wildman–Crippen LogP) is 3.03. The van der Waals surface area contributed by atoms with Crippen LogP contribution in [0.2, 0.25) is 0 Å². The lowest BCUT2D eigenvalue weighted by molar-refractivity contribution is -0.722. The average Bonchev–Trinajstić information content (AvgIpc) is 2.71. The standard InChI is InChI=1S/C15H18NOS/c1-12-13(2)18-11-16(12)15(8-9-17)10-14-6-4-3-5-7-14/h3-7,9,11,15H,8,10H2,1-2H3/q+1. The van der Waals surface area contributed by atoms with Crippen LogP contribution >= 0.6 is 11.3 Å². The number of aldehydes is 1. The second kappa shape index (κ2) is 5.91. The summed E-state index contributed by atoms with van der Waals surface area (Å²) in [4.78, 5) is 12.2. The number of rotatable bonds is 5. The number of hydrogen-bond donors (Lipinski definition) is 0. The molecule has 0 aliphatic heterocycles. The van der Waals surface area contributed by atoms with Crippen molar-refractivity contribution in [3.63, 3.8) is 0 Å². The maximum Gasteiger partial charge on any atom is 0.225 e. The van der Waals surface area contributed by atoms with Gasteiger partial charge in [0, 0.05) is 13.3 Å². The number of hydrogen-bond acceptors (Lipinski definition) is 2. The number of thiazole rings is 1. The van der Waals surface area contributed by atoms with Crippen molar-refractivity contribution in [1.29, 1.82) is 0 Å². The summed E-state index contributed by atoms with van der Waals surface area (Å²) in [5, 5.41) is 0. The van der Waals surface area contributed by atoms with E-state index in [4.69, 9.17) is 0 Å². The topological polar surface area (TPSA) is 20.9 Å². The van der Waals surface area contributed by atoms with E-state index in [2.05, 4.69) is 36.1 Å². The second-order valence-corrected chi connectivity index (χ2v) is 5.58. The first-order valence-corrected chi connectivity index (χ1v) is 7.03. The van der Waals surface area contributed by atoms with Gasteiger partial charge in [0.15, 0.2) is 11.7 Å². The van der Waals surface area contributed by atoms with Crippen molar-refractivity contribution < 1.29 is 9.36 Å². The van der Waals surface area contributed by atoms with Crippen molar-refractivity contribution in [2.24, 2.45) is 0 Å². The van der Waals surface area contributed by atoms with Crippen LogP contribution in [0.5, 0.6) is 0 Å². The van der Waals surface area contributed by atoms with E-state index >= 15 is 0 Å². The van der Waals surface area contributed by atoms with Crippen molar-refractivity contribution in [2.45, 2.75) is 32.7 Å². The molecule has 0 bridgehead atoms. The van der Waals surface area contributed by atoms with Crippen LogP contribution in [0.15, 0.2) is 35.8 Å². The second-order valence-electron chi connectivity index (χ2n) is 4.52. The van der Waals surface area contributed by atoms with Crippen LogP contribution in [0.25, 0.3) is 0 Å². The van der Waals surface area contributed by atoms with Gasteiger partial charge in [0.05, 0.1) is 11.3 Å². The van der Waals surface area contributed by atoms with Gasteiger partial charge in [0.2, 0.25) is 5.51 Å². The summed E-state index contributed by atoms with van der Waals surface area (Å²) in [7, 11) is 0. The molecule has 18 heavy (non-hydrogen) atoms. The molecule has 1 unspecified atom stereocenters. The summed E-state index contributed by atoms with van der Waals surface area (Å²) >= 11 is 1.74. The lowest BCUT2D eigenvalue weighted by Crippen LogP contribution is -2.41. The summed E-state index contributed by atoms with van der Waals surface area (Å²) < 4.78 is 2.24. The summed E-state index contributed by atoms with van der Waals surface area (Å²) in [6, 6.07) is 10.6. The molecule has 1 aromatic carbocycles. The molecule has 0 aliphatic carbocycles. The molecule has 2 rings (SSSR count). The molecule has 94 valence electrons. The first-order valence-electron chi connectivity index (χ1n) is 6.15. The zero-order valence-corrected chi connectivity index (χ0v) is 11.6. The minimum atomic E-state index is 0.231. The molecule has 0 spiro atoms. The van der Waals surface area contributed by atoms with Crippen LogP contribution in [0.1, 0.15) is 28.6 Å². The molecular weight excluding hydrogens is 242 g/mol. The summed E-state index contributed by atoms with van der Waals surface area (Å²) in [6.45, 7) is 4.24. The van der Waals surface area contributed by atoms with Gasteiger partial charge in [-0.2, -0.15) is 4.57 Å². The van der Waals surface area contributed by atoms with Crippen LogP contribution in [-0.2, 0) is 11.2 Å². The van der Waals surface area contributed by atoms with Gasteiger partial charge in [-0.1, -0.05) is 41.7 Å². The zero-order chi connectivity index (χ0) is 13.0. The van der Waals surface area contributed by atoms with E-state index in [1.165, 1.54) is 16.1 Å². The Balaban J connectivity index is 2.23. The highest BCUT2D eigenvalue weighted by Crippen LogP contribution is 2.16. The van der Waals surface area contributed by atoms with E-state index in [-0.39, 0.29) is 6.04 Å². The molecule has 2 aromatic rings. The summed E-state index contributed by atoms with van der Waals surface area (Å²) in [5.41, 5.74) is 4.67. The highest BCUT2D eigenvalue weighted by molar-refractivity contribution is 7.09. The maximum atomic E-state index is 10.9. The molecule has 3 heteroatoms. The SMILES string of the molecule is Cc1sc[n+](C(CC=O)Cc2ccccc2)c1C. The van der Waals surface area contributed by atoms with Gasteiger partial charge in [0.1, 0.15) is 6.29 Å². The van der Waals surface area contributed by atoms with E-state index in [9.17, 15) is 4.79 Å². The normalized spacial score (nSPS) is 12.3. The highest BCUT2D eigenvalue weighted by atomic mass is 32.1. The van der Waals surface area contributed by atoms with E-state index in [1.807, 2.05) is 18.2 Å². The third kappa shape index (κ3) is 2.85. The van der Waals surface area contributed by atoms with Gasteiger partial charge in [-0.15, -0.1) is 0 Å². The van der Waals surface area contributed by atoms with Gasteiger partial charge in [-0.3, -0.25) is 0 Å². The third-order valence-electron chi connectivity index (χ3n) is 3.32. The monoisotopic (exact) mass is 260 g/mol. The predicted molar refractivity (Wildman–Crippen MR) is 73.9 cm³/mol. The van der Waals surface area contributed by atoms with Crippen molar-refractivity contribution in [2.75, 3.05) is 0 Å². The number of aromatic nitrogens is 1. The molecule has 2 nitrogen and oxygen atoms in total. The van der Waals surface area contributed by atoms with E-state index in [1.54, 1.807) is 11.3 Å². The van der Waals surface area contributed by atoms with Crippen LogP contribution in [0.3, 0.4) is 0 Å². The van der Waals surface area contributed by atoms with Crippen molar-refractivity contribution >= 4 is 17.6 Å². The Labute approximate surface area is 112 Å². The molecule has 0 N–H and O–H groups in total. The Kier molecular flexibility index (Phi) is 4.26. The van der Waals surface area contributed by atoms with E-state index < -0.39 is 0 Å². The third-order valence-corrected chi connectivity index (χ3v) is 4.30. The fourth-order valence-corrected chi connectivity index (χ4v) is 3.01. The Morgan fingerprint density at radius 1 is 1.28 bits per heavy atom. The van der Waals surface area contributed by atoms with Crippen LogP contribution in [0.4, 0.5) is 0 Å². The fourth-order valence-electron chi connectivity index (χ4n) is 2.13. The summed E-state index contributed by atoms with van der Waals surface area (Å²) in [5.74, 6) is 0. The molecule has 0 amide bonds. The smallest absolute Gasteiger partial charge is 0.225 e. The van der Waals surface area contributed by atoms with Gasteiger partial charge in [-0.05, 0) is 12.5 Å². The van der Waals surface area contributed by atoms with Crippen LogP contribution in [0, 0.1) is 13.8 Å². The van der Waals surface area contributed by atoms with Gasteiger partial charge in [-0.25, -0.2) is 0 Å². The molecule has 0 aliphatic rings. The Morgan fingerprint density at radius 2 is 2.00 bits per heavy atom. The minimum Gasteiger partial charge on any atom is -0.303 e. The lowest BCUT2D eigenvalue weighted by Gasteiger charge is -2.09. The van der Waals surface area contributed by atoms with Gasteiger partial charge < -0.3 is 4.79 Å². The van der Waals surface area contributed by atoms with E-state index in [0.29, 0.717) is 6.42 Å². The fraction of sp³-hybridized carbons (Fsp3) is 0.333. The van der Waals surface area contributed by atoms with Crippen LogP contribution in [-0.4, -0.2) is 6.29 Å². The van der Waals surface area contributed by atoms with Gasteiger partial charge in [0.25, 0.3) is 0 Å². The number of carbonyl (C=O) groups is 1. The molecule has 1 aromatic heterocycles. The Bertz CT molecular complexity index is 519.